The van der Waals surface area contributed by atoms with E-state index in [1.807, 2.05) is 12.1 Å². The van der Waals surface area contributed by atoms with Crippen LogP contribution in [-0.2, 0) is 10.2 Å². The summed E-state index contributed by atoms with van der Waals surface area (Å²) in [7, 11) is 0. The Morgan fingerprint density at radius 2 is 1.96 bits per heavy atom. The van der Waals surface area contributed by atoms with Crippen LogP contribution in [0.1, 0.15) is 38.7 Å². The van der Waals surface area contributed by atoms with E-state index in [0.29, 0.717) is 12.0 Å². The average molecular weight is 334 g/mol. The molecule has 1 aromatic carbocycles. The molecule has 2 fully saturated rings. The minimum atomic E-state index is -0.158. The number of halogens is 1. The van der Waals surface area contributed by atoms with Gasteiger partial charge in [-0.1, -0.05) is 26.0 Å². The van der Waals surface area contributed by atoms with Crippen molar-refractivity contribution in [1.29, 1.82) is 0 Å². The number of rotatable bonds is 5. The molecule has 0 bridgehead atoms. The van der Waals surface area contributed by atoms with Gasteiger partial charge in [0.05, 0.1) is 0 Å². The molecule has 0 spiro atoms. The third-order valence-corrected chi connectivity index (χ3v) is 6.05. The molecule has 4 heteroatoms. The number of nitrogens with one attached hydrogen (secondary N) is 1. The van der Waals surface area contributed by atoms with Gasteiger partial charge in [-0.3, -0.25) is 0 Å². The number of benzene rings is 1. The summed E-state index contributed by atoms with van der Waals surface area (Å²) in [5, 5.41) is 3.86. The highest BCUT2D eigenvalue weighted by Crippen LogP contribution is 2.35. The third-order valence-electron chi connectivity index (χ3n) is 6.05. The second-order valence-corrected chi connectivity index (χ2v) is 7.55. The number of piperidine rings is 1. The van der Waals surface area contributed by atoms with Crippen LogP contribution < -0.4 is 5.32 Å². The molecule has 24 heavy (non-hydrogen) atoms. The maximum Gasteiger partial charge on any atom is 0.123 e. The predicted octanol–water partition coefficient (Wildman–Crippen LogP) is 3.19. The molecule has 2 aliphatic rings. The third kappa shape index (κ3) is 3.98. The lowest BCUT2D eigenvalue weighted by atomic mass is 9.73. The van der Waals surface area contributed by atoms with Gasteiger partial charge in [0.1, 0.15) is 5.82 Å². The highest BCUT2D eigenvalue weighted by molar-refractivity contribution is 5.27. The first-order valence-electron chi connectivity index (χ1n) is 9.42. The van der Waals surface area contributed by atoms with Crippen molar-refractivity contribution in [1.82, 2.24) is 10.2 Å². The van der Waals surface area contributed by atoms with Gasteiger partial charge in [0.2, 0.25) is 0 Å². The first-order valence-corrected chi connectivity index (χ1v) is 9.42. The molecule has 0 aliphatic carbocycles. The van der Waals surface area contributed by atoms with Gasteiger partial charge in [0.25, 0.3) is 0 Å². The lowest BCUT2D eigenvalue weighted by Gasteiger charge is -2.42. The average Bonchev–Trinajstić information content (AvgIpc) is 2.62. The summed E-state index contributed by atoms with van der Waals surface area (Å²) in [5.74, 6) is 0.512. The zero-order valence-electron chi connectivity index (χ0n) is 15.1. The number of likely N-dealkylation sites (tertiary alicyclic amines) is 1. The summed E-state index contributed by atoms with van der Waals surface area (Å²) in [6.45, 7) is 10.7. The fourth-order valence-corrected chi connectivity index (χ4v) is 4.28. The Kier molecular flexibility index (Phi) is 5.90. The van der Waals surface area contributed by atoms with Crippen molar-refractivity contribution in [3.63, 3.8) is 0 Å². The monoisotopic (exact) mass is 334 g/mol. The number of hydrogen-bond donors (Lipinski definition) is 1. The van der Waals surface area contributed by atoms with Gasteiger partial charge >= 0.3 is 0 Å². The molecule has 0 aromatic heterocycles. The Hall–Kier alpha value is -0.970. The van der Waals surface area contributed by atoms with Gasteiger partial charge in [-0.05, 0) is 56.0 Å². The second-order valence-electron chi connectivity index (χ2n) is 7.55. The maximum absolute atomic E-state index is 13.3. The molecule has 2 heterocycles. The summed E-state index contributed by atoms with van der Waals surface area (Å²) in [4.78, 5) is 2.53. The number of hydrogen-bond acceptors (Lipinski definition) is 3. The van der Waals surface area contributed by atoms with Crippen LogP contribution in [0.3, 0.4) is 0 Å². The van der Waals surface area contributed by atoms with E-state index >= 15 is 0 Å². The molecule has 3 rings (SSSR count). The molecule has 0 radical (unpaired) electrons. The van der Waals surface area contributed by atoms with E-state index in [1.54, 1.807) is 12.1 Å². The topological polar surface area (TPSA) is 24.5 Å². The zero-order valence-corrected chi connectivity index (χ0v) is 15.1. The van der Waals surface area contributed by atoms with Crippen LogP contribution in [0.5, 0.6) is 0 Å². The van der Waals surface area contributed by atoms with Gasteiger partial charge in [-0.15, -0.1) is 0 Å². The highest BCUT2D eigenvalue weighted by Gasteiger charge is 2.36. The summed E-state index contributed by atoms with van der Waals surface area (Å²) < 4.78 is 18.9. The van der Waals surface area contributed by atoms with Crippen molar-refractivity contribution in [3.8, 4) is 0 Å². The van der Waals surface area contributed by atoms with E-state index in [1.165, 1.54) is 25.1 Å². The van der Waals surface area contributed by atoms with Gasteiger partial charge < -0.3 is 15.0 Å². The first kappa shape index (κ1) is 17.8. The standard InChI is InChI=1S/C20H31FN2O/c1-3-23-11-8-19(16(2)14-23)22-15-20(9-12-24-13-10-20)17-4-6-18(21)7-5-17/h4-7,16,19,22H,3,8-15H2,1-2H3/t16-,19-/m1/s1. The molecule has 0 saturated carbocycles. The Labute approximate surface area is 145 Å². The van der Waals surface area contributed by atoms with Crippen molar-refractivity contribution in [2.24, 2.45) is 5.92 Å². The normalized spacial score (nSPS) is 28.0. The fourth-order valence-electron chi connectivity index (χ4n) is 4.28. The van der Waals surface area contributed by atoms with Crippen LogP contribution in [0.25, 0.3) is 0 Å². The van der Waals surface area contributed by atoms with Crippen LogP contribution in [0.4, 0.5) is 4.39 Å². The van der Waals surface area contributed by atoms with Crippen molar-refractivity contribution in [2.75, 3.05) is 39.4 Å². The summed E-state index contributed by atoms with van der Waals surface area (Å²) in [6, 6.07) is 7.69. The zero-order chi connectivity index (χ0) is 17.0. The second kappa shape index (κ2) is 7.94. The van der Waals surface area contributed by atoms with Crippen LogP contribution in [0, 0.1) is 11.7 Å². The van der Waals surface area contributed by atoms with Gasteiger partial charge in [-0.2, -0.15) is 0 Å². The molecule has 2 aliphatic heterocycles. The van der Waals surface area contributed by atoms with Crippen molar-refractivity contribution in [2.45, 2.75) is 44.6 Å². The predicted molar refractivity (Wildman–Crippen MR) is 95.8 cm³/mol. The molecule has 0 amide bonds. The Bertz CT molecular complexity index is 513. The summed E-state index contributed by atoms with van der Waals surface area (Å²) in [6.07, 6.45) is 3.23. The fraction of sp³-hybridized carbons (Fsp3) is 0.700. The van der Waals surface area contributed by atoms with E-state index < -0.39 is 0 Å². The Morgan fingerprint density at radius 3 is 2.58 bits per heavy atom. The highest BCUT2D eigenvalue weighted by atomic mass is 19.1. The number of ether oxygens (including phenoxy) is 1. The maximum atomic E-state index is 13.3. The minimum Gasteiger partial charge on any atom is -0.381 e. The van der Waals surface area contributed by atoms with Crippen molar-refractivity contribution < 1.29 is 9.13 Å². The van der Waals surface area contributed by atoms with E-state index in [-0.39, 0.29) is 11.2 Å². The van der Waals surface area contributed by atoms with Crippen LogP contribution >= 0.6 is 0 Å². The largest absolute Gasteiger partial charge is 0.381 e. The smallest absolute Gasteiger partial charge is 0.123 e. The lowest BCUT2D eigenvalue weighted by Crippen LogP contribution is -2.52. The van der Waals surface area contributed by atoms with E-state index in [0.717, 1.165) is 39.1 Å². The van der Waals surface area contributed by atoms with Gasteiger partial charge in [-0.25, -0.2) is 4.39 Å². The van der Waals surface area contributed by atoms with Crippen LogP contribution in [0.2, 0.25) is 0 Å². The molecule has 2 atom stereocenters. The van der Waals surface area contributed by atoms with Gasteiger partial charge in [0.15, 0.2) is 0 Å². The minimum absolute atomic E-state index is 0.0769. The molecule has 1 N–H and O–H groups in total. The molecule has 2 saturated heterocycles. The van der Waals surface area contributed by atoms with Crippen LogP contribution in [-0.4, -0.2) is 50.3 Å². The molecular formula is C20H31FN2O. The molecular weight excluding hydrogens is 303 g/mol. The SMILES string of the molecule is CCN1CC[C@@H](NCC2(c3ccc(F)cc3)CCOCC2)[C@H](C)C1. The summed E-state index contributed by atoms with van der Waals surface area (Å²) >= 11 is 0. The van der Waals surface area contributed by atoms with Crippen LogP contribution in [0.15, 0.2) is 24.3 Å². The Balaban J connectivity index is 1.68. The number of nitrogens with zero attached hydrogens (tertiary/aromatic N) is 1. The molecule has 1 aromatic rings. The van der Waals surface area contributed by atoms with Crippen molar-refractivity contribution >= 4 is 0 Å². The van der Waals surface area contributed by atoms with E-state index in [4.69, 9.17) is 4.74 Å². The molecule has 0 unspecified atom stereocenters. The van der Waals surface area contributed by atoms with Gasteiger partial charge in [0, 0.05) is 37.8 Å². The molecule has 3 nitrogen and oxygen atoms in total. The van der Waals surface area contributed by atoms with E-state index in [9.17, 15) is 4.39 Å². The molecule has 134 valence electrons. The van der Waals surface area contributed by atoms with Crippen molar-refractivity contribution in [3.05, 3.63) is 35.6 Å². The van der Waals surface area contributed by atoms with E-state index in [2.05, 4.69) is 24.1 Å². The quantitative estimate of drug-likeness (QED) is 0.895. The summed E-state index contributed by atoms with van der Waals surface area (Å²) in [5.41, 5.74) is 1.33. The first-order chi connectivity index (χ1) is 11.6. The Morgan fingerprint density at radius 1 is 1.25 bits per heavy atom. The lowest BCUT2D eigenvalue weighted by molar-refractivity contribution is 0.0459.